The molecule has 0 aliphatic heterocycles. The van der Waals surface area contributed by atoms with E-state index in [1.54, 1.807) is 6.08 Å². The smallest absolute Gasteiger partial charge is 0.381 e. The number of ether oxygens (including phenoxy) is 1. The highest BCUT2D eigenvalue weighted by atomic mass is 19.4. The van der Waals surface area contributed by atoms with Crippen LogP contribution in [0.2, 0.25) is 0 Å². The summed E-state index contributed by atoms with van der Waals surface area (Å²) < 4.78 is 118. The van der Waals surface area contributed by atoms with Crippen molar-refractivity contribution in [1.29, 1.82) is 0 Å². The molecule has 0 saturated heterocycles. The van der Waals surface area contributed by atoms with Crippen molar-refractivity contribution in [3.63, 3.8) is 0 Å². The van der Waals surface area contributed by atoms with Crippen molar-refractivity contribution >= 4 is 0 Å². The number of hydrogen-bond donors (Lipinski definition) is 0. The van der Waals surface area contributed by atoms with Crippen molar-refractivity contribution in [2.24, 2.45) is 0 Å². The molecule has 0 unspecified atom stereocenters. The fraction of sp³-hybridized carbons (Fsp3) is 0.857. The van der Waals surface area contributed by atoms with Crippen LogP contribution in [0, 0.1) is 0 Å². The molecule has 0 aliphatic rings. The van der Waals surface area contributed by atoms with Crippen LogP contribution in [0.4, 0.5) is 39.5 Å². The molecule has 0 heterocycles. The Morgan fingerprint density at radius 1 is 0.708 bits per heavy atom. The van der Waals surface area contributed by atoms with E-state index in [0.717, 1.165) is 19.3 Å². The normalized spacial score (nSPS) is 14.0. The Morgan fingerprint density at radius 2 is 1.25 bits per heavy atom. The molecule has 0 radical (unpaired) electrons. The fourth-order valence-electron chi connectivity index (χ4n) is 1.71. The molecule has 24 heavy (non-hydrogen) atoms. The van der Waals surface area contributed by atoms with Crippen molar-refractivity contribution in [2.45, 2.75) is 62.5 Å². The summed E-state index contributed by atoms with van der Waals surface area (Å²) in [7, 11) is 0. The average molecular weight is 374 g/mol. The molecule has 0 saturated carbocycles. The molecule has 0 bridgehead atoms. The Morgan fingerprint density at radius 3 is 1.75 bits per heavy atom. The van der Waals surface area contributed by atoms with Crippen LogP contribution in [0.3, 0.4) is 0 Å². The predicted octanol–water partition coefficient (Wildman–Crippen LogP) is 6.00. The van der Waals surface area contributed by atoms with Crippen LogP contribution in [-0.4, -0.2) is 37.2 Å². The number of hydrogen-bond acceptors (Lipinski definition) is 1. The van der Waals surface area contributed by atoms with E-state index in [9.17, 15) is 39.5 Å². The maximum Gasteiger partial charge on any atom is 0.460 e. The molecule has 0 fully saturated rings. The number of allylic oxidation sites excluding steroid dienone is 1. The number of alkyl halides is 9. The van der Waals surface area contributed by atoms with E-state index in [0.29, 0.717) is 12.8 Å². The number of halogens is 9. The van der Waals surface area contributed by atoms with Crippen LogP contribution in [0.5, 0.6) is 0 Å². The fourth-order valence-corrected chi connectivity index (χ4v) is 1.71. The van der Waals surface area contributed by atoms with Crippen molar-refractivity contribution < 1.29 is 44.3 Å². The second-order valence-electron chi connectivity index (χ2n) is 5.20. The van der Waals surface area contributed by atoms with Crippen molar-refractivity contribution in [1.82, 2.24) is 0 Å². The summed E-state index contributed by atoms with van der Waals surface area (Å²) >= 11 is 0. The van der Waals surface area contributed by atoms with Crippen LogP contribution < -0.4 is 0 Å². The molecule has 0 aromatic rings. The van der Waals surface area contributed by atoms with Gasteiger partial charge in [-0.1, -0.05) is 18.9 Å². The minimum atomic E-state index is -6.84. The lowest BCUT2D eigenvalue weighted by molar-refractivity contribution is -0.397. The highest BCUT2D eigenvalue weighted by molar-refractivity contribution is 5.00. The van der Waals surface area contributed by atoms with Crippen LogP contribution in [0.15, 0.2) is 12.7 Å². The molecule has 0 N–H and O–H groups in total. The van der Waals surface area contributed by atoms with Crippen LogP contribution in [-0.2, 0) is 4.74 Å². The second kappa shape index (κ2) is 8.96. The summed E-state index contributed by atoms with van der Waals surface area (Å²) in [5, 5.41) is 0. The summed E-state index contributed by atoms with van der Waals surface area (Å²) in [4.78, 5) is 0. The molecule has 10 heteroatoms. The SMILES string of the molecule is C=CCCCCCCOCCC(F)(F)C(F)(F)C(F)(F)C(F)(F)F. The molecule has 144 valence electrons. The maximum absolute atomic E-state index is 13.1. The molecule has 0 atom stereocenters. The lowest BCUT2D eigenvalue weighted by atomic mass is 10.0. The monoisotopic (exact) mass is 374 g/mol. The van der Waals surface area contributed by atoms with Gasteiger partial charge in [0.1, 0.15) is 0 Å². The number of rotatable bonds is 12. The van der Waals surface area contributed by atoms with Gasteiger partial charge in [-0.3, -0.25) is 0 Å². The van der Waals surface area contributed by atoms with E-state index < -0.39 is 37.0 Å². The Bertz CT molecular complexity index is 377. The zero-order valence-corrected chi connectivity index (χ0v) is 12.8. The highest BCUT2D eigenvalue weighted by Crippen LogP contribution is 2.53. The topological polar surface area (TPSA) is 9.23 Å². The van der Waals surface area contributed by atoms with Crippen molar-refractivity contribution in [2.75, 3.05) is 13.2 Å². The van der Waals surface area contributed by atoms with Gasteiger partial charge in [0, 0.05) is 13.0 Å². The maximum atomic E-state index is 13.1. The molecular formula is C14H19F9O. The van der Waals surface area contributed by atoms with E-state index in [1.807, 2.05) is 0 Å². The summed E-state index contributed by atoms with van der Waals surface area (Å²) in [5.74, 6) is -19.0. The van der Waals surface area contributed by atoms with Gasteiger partial charge in [-0.2, -0.15) is 39.5 Å². The van der Waals surface area contributed by atoms with E-state index in [2.05, 4.69) is 11.3 Å². The summed E-state index contributed by atoms with van der Waals surface area (Å²) in [6.45, 7) is 2.38. The minimum Gasteiger partial charge on any atom is -0.381 e. The van der Waals surface area contributed by atoms with Crippen molar-refractivity contribution in [3.05, 3.63) is 12.7 Å². The second-order valence-corrected chi connectivity index (χ2v) is 5.20. The lowest BCUT2D eigenvalue weighted by Gasteiger charge is -2.33. The van der Waals surface area contributed by atoms with Gasteiger partial charge >= 0.3 is 23.9 Å². The first-order valence-electron chi connectivity index (χ1n) is 7.20. The Hall–Kier alpha value is -0.930. The third-order valence-corrected chi connectivity index (χ3v) is 3.22. The first-order chi connectivity index (χ1) is 10.8. The van der Waals surface area contributed by atoms with E-state index in [4.69, 9.17) is 0 Å². The summed E-state index contributed by atoms with van der Waals surface area (Å²) in [6.07, 6.45) is -3.44. The Balaban J connectivity index is 4.32. The molecule has 0 spiro atoms. The minimum absolute atomic E-state index is 0.0780. The molecule has 0 rings (SSSR count). The van der Waals surface area contributed by atoms with Gasteiger partial charge in [-0.05, 0) is 19.3 Å². The zero-order chi connectivity index (χ0) is 19.1. The number of unbranched alkanes of at least 4 members (excludes halogenated alkanes) is 4. The van der Waals surface area contributed by atoms with Gasteiger partial charge in [0.05, 0.1) is 6.61 Å². The summed E-state index contributed by atoms with van der Waals surface area (Å²) in [6, 6.07) is 0. The van der Waals surface area contributed by atoms with Crippen LogP contribution >= 0.6 is 0 Å². The Kier molecular flexibility index (Phi) is 8.61. The molecule has 0 aromatic carbocycles. The van der Waals surface area contributed by atoms with Gasteiger partial charge < -0.3 is 4.74 Å². The standard InChI is InChI=1S/C14H19F9O/c1-2-3-4-5-6-7-9-24-10-8-11(15,16)12(17,18)13(19,20)14(21,22)23/h2H,1,3-10H2. The first-order valence-corrected chi connectivity index (χ1v) is 7.20. The lowest BCUT2D eigenvalue weighted by Crippen LogP contribution is -2.61. The zero-order valence-electron chi connectivity index (χ0n) is 12.8. The molecular weight excluding hydrogens is 355 g/mol. The Labute approximate surface area is 133 Å². The van der Waals surface area contributed by atoms with Gasteiger partial charge in [0.25, 0.3) is 0 Å². The predicted molar refractivity (Wildman–Crippen MR) is 69.6 cm³/mol. The third-order valence-electron chi connectivity index (χ3n) is 3.22. The van der Waals surface area contributed by atoms with Crippen LogP contribution in [0.1, 0.15) is 38.5 Å². The summed E-state index contributed by atoms with van der Waals surface area (Å²) in [5.41, 5.74) is 0. The van der Waals surface area contributed by atoms with Crippen LogP contribution in [0.25, 0.3) is 0 Å². The van der Waals surface area contributed by atoms with E-state index in [-0.39, 0.29) is 6.61 Å². The highest BCUT2D eigenvalue weighted by Gasteiger charge is 2.81. The first kappa shape index (κ1) is 23.1. The quantitative estimate of drug-likeness (QED) is 0.231. The molecule has 0 aromatic heterocycles. The average Bonchev–Trinajstić information content (AvgIpc) is 2.43. The molecule has 0 amide bonds. The molecule has 1 nitrogen and oxygen atoms in total. The largest absolute Gasteiger partial charge is 0.460 e. The van der Waals surface area contributed by atoms with Crippen molar-refractivity contribution in [3.8, 4) is 0 Å². The van der Waals surface area contributed by atoms with Gasteiger partial charge in [0.15, 0.2) is 0 Å². The van der Waals surface area contributed by atoms with E-state index >= 15 is 0 Å². The van der Waals surface area contributed by atoms with Gasteiger partial charge in [0.2, 0.25) is 0 Å². The van der Waals surface area contributed by atoms with E-state index in [1.165, 1.54) is 0 Å². The third kappa shape index (κ3) is 5.86. The van der Waals surface area contributed by atoms with Gasteiger partial charge in [-0.25, -0.2) is 0 Å². The molecule has 0 aliphatic carbocycles. The van der Waals surface area contributed by atoms with Gasteiger partial charge in [-0.15, -0.1) is 6.58 Å².